The van der Waals surface area contributed by atoms with E-state index in [-0.39, 0.29) is 5.92 Å². The fourth-order valence-electron chi connectivity index (χ4n) is 2.61. The van der Waals surface area contributed by atoms with E-state index in [1.165, 1.54) is 5.56 Å². The first-order valence-electron chi connectivity index (χ1n) is 7.21. The molecule has 1 aromatic rings. The summed E-state index contributed by atoms with van der Waals surface area (Å²) >= 11 is 0. The van der Waals surface area contributed by atoms with E-state index < -0.39 is 5.97 Å². The molecule has 1 aliphatic heterocycles. The van der Waals surface area contributed by atoms with Crippen molar-refractivity contribution in [1.82, 2.24) is 4.90 Å². The van der Waals surface area contributed by atoms with Gasteiger partial charge < -0.3 is 9.84 Å². The second kappa shape index (κ2) is 6.75. The minimum absolute atomic E-state index is 0.218. The van der Waals surface area contributed by atoms with E-state index in [4.69, 9.17) is 9.84 Å². The maximum absolute atomic E-state index is 11.0. The summed E-state index contributed by atoms with van der Waals surface area (Å²) in [5, 5.41) is 9.07. The van der Waals surface area contributed by atoms with E-state index in [0.29, 0.717) is 13.2 Å². The summed E-state index contributed by atoms with van der Waals surface area (Å²) in [6.45, 7) is 7.10. The number of aryl methyl sites for hydroxylation is 2. The highest BCUT2D eigenvalue weighted by Gasteiger charge is 2.24. The summed E-state index contributed by atoms with van der Waals surface area (Å²) < 4.78 is 5.83. The molecule has 1 N–H and O–H groups in total. The molecule has 2 rings (SSSR count). The van der Waals surface area contributed by atoms with Gasteiger partial charge in [0.15, 0.2) is 0 Å². The maximum Gasteiger partial charge on any atom is 0.307 e. The quantitative estimate of drug-likeness (QED) is 0.898. The lowest BCUT2D eigenvalue weighted by Gasteiger charge is -2.30. The van der Waals surface area contributed by atoms with Crippen LogP contribution in [0.5, 0.6) is 5.75 Å². The normalized spacial score (nSPS) is 19.8. The zero-order chi connectivity index (χ0) is 14.5. The predicted octanol–water partition coefficient (Wildman–Crippen LogP) is 2.48. The van der Waals surface area contributed by atoms with Gasteiger partial charge in [-0.3, -0.25) is 9.69 Å². The second-order valence-corrected chi connectivity index (χ2v) is 5.60. The molecule has 0 bridgehead atoms. The van der Waals surface area contributed by atoms with Gasteiger partial charge in [0.1, 0.15) is 12.4 Å². The average Bonchev–Trinajstić information content (AvgIpc) is 2.43. The number of carboxylic acids is 1. The predicted molar refractivity (Wildman–Crippen MR) is 78.2 cm³/mol. The van der Waals surface area contributed by atoms with Gasteiger partial charge in [0.05, 0.1) is 5.92 Å². The number of hydrogen-bond acceptors (Lipinski definition) is 3. The summed E-state index contributed by atoms with van der Waals surface area (Å²) in [6.07, 6.45) is 1.75. The number of carboxylic acid groups (broad SMARTS) is 1. The van der Waals surface area contributed by atoms with Crippen molar-refractivity contribution in [2.75, 3.05) is 26.2 Å². The zero-order valence-electron chi connectivity index (χ0n) is 12.3. The van der Waals surface area contributed by atoms with E-state index >= 15 is 0 Å². The monoisotopic (exact) mass is 277 g/mol. The number of ether oxygens (including phenoxy) is 1. The minimum atomic E-state index is -0.676. The summed E-state index contributed by atoms with van der Waals surface area (Å²) in [5.74, 6) is 0.0337. The van der Waals surface area contributed by atoms with Crippen LogP contribution in [0.2, 0.25) is 0 Å². The van der Waals surface area contributed by atoms with E-state index in [2.05, 4.69) is 17.0 Å². The van der Waals surface area contributed by atoms with Crippen molar-refractivity contribution in [3.8, 4) is 5.75 Å². The van der Waals surface area contributed by atoms with E-state index in [0.717, 1.165) is 37.2 Å². The number of carbonyl (C=O) groups is 1. The molecular formula is C16H23NO3. The zero-order valence-corrected chi connectivity index (χ0v) is 12.3. The third kappa shape index (κ3) is 3.97. The molecule has 20 heavy (non-hydrogen) atoms. The van der Waals surface area contributed by atoms with Crippen molar-refractivity contribution < 1.29 is 14.6 Å². The summed E-state index contributed by atoms with van der Waals surface area (Å²) in [6, 6.07) is 6.18. The summed E-state index contributed by atoms with van der Waals surface area (Å²) in [5.41, 5.74) is 2.33. The smallest absolute Gasteiger partial charge is 0.307 e. The molecule has 1 aliphatic rings. The van der Waals surface area contributed by atoms with Crippen LogP contribution in [0.1, 0.15) is 24.0 Å². The molecule has 0 aromatic heterocycles. The van der Waals surface area contributed by atoms with E-state index in [1.54, 1.807) is 0 Å². The Hall–Kier alpha value is -1.55. The highest BCUT2D eigenvalue weighted by Crippen LogP contribution is 2.20. The number of piperidine rings is 1. The standard InChI is InChI=1S/C16H23NO3/c1-12-5-6-13(2)15(10-12)20-9-8-17-7-3-4-14(11-17)16(18)19/h5-6,10,14H,3-4,7-9,11H2,1-2H3,(H,18,19). The molecule has 0 amide bonds. The van der Waals surface area contributed by atoms with Gasteiger partial charge in [-0.25, -0.2) is 0 Å². The highest BCUT2D eigenvalue weighted by molar-refractivity contribution is 5.70. The van der Waals surface area contributed by atoms with Crippen LogP contribution in [0.25, 0.3) is 0 Å². The van der Waals surface area contributed by atoms with Crippen LogP contribution in [0.3, 0.4) is 0 Å². The first kappa shape index (κ1) is 14.9. The molecular weight excluding hydrogens is 254 g/mol. The van der Waals surface area contributed by atoms with Gasteiger partial charge in [-0.2, -0.15) is 0 Å². The van der Waals surface area contributed by atoms with Gasteiger partial charge in [0.25, 0.3) is 0 Å². The van der Waals surface area contributed by atoms with Gasteiger partial charge in [-0.15, -0.1) is 0 Å². The molecule has 1 saturated heterocycles. The molecule has 0 spiro atoms. The molecule has 4 nitrogen and oxygen atoms in total. The molecule has 1 heterocycles. The van der Waals surface area contributed by atoms with Crippen molar-refractivity contribution in [3.63, 3.8) is 0 Å². The summed E-state index contributed by atoms with van der Waals surface area (Å²) in [4.78, 5) is 13.2. The molecule has 110 valence electrons. The Labute approximate surface area is 120 Å². The number of likely N-dealkylation sites (tertiary alicyclic amines) is 1. The Morgan fingerprint density at radius 2 is 2.25 bits per heavy atom. The maximum atomic E-state index is 11.0. The average molecular weight is 277 g/mol. The lowest BCUT2D eigenvalue weighted by Crippen LogP contribution is -2.40. The Kier molecular flexibility index (Phi) is 5.01. The van der Waals surface area contributed by atoms with Crippen LogP contribution in [0.15, 0.2) is 18.2 Å². The topological polar surface area (TPSA) is 49.8 Å². The number of aliphatic carboxylic acids is 1. The van der Waals surface area contributed by atoms with Gasteiger partial charge in [-0.05, 0) is 50.4 Å². The van der Waals surface area contributed by atoms with E-state index in [9.17, 15) is 4.79 Å². The number of nitrogens with zero attached hydrogens (tertiary/aromatic N) is 1. The van der Waals surface area contributed by atoms with Crippen LogP contribution >= 0.6 is 0 Å². The van der Waals surface area contributed by atoms with Crippen LogP contribution in [-0.2, 0) is 4.79 Å². The molecule has 0 saturated carbocycles. The Morgan fingerprint density at radius 3 is 3.00 bits per heavy atom. The van der Waals surface area contributed by atoms with Gasteiger partial charge >= 0.3 is 5.97 Å². The SMILES string of the molecule is Cc1ccc(C)c(OCCN2CCCC(C(=O)O)C2)c1. The Bertz CT molecular complexity index is 473. The van der Waals surface area contributed by atoms with Crippen LogP contribution in [-0.4, -0.2) is 42.2 Å². The van der Waals surface area contributed by atoms with Gasteiger partial charge in [0.2, 0.25) is 0 Å². The fourth-order valence-corrected chi connectivity index (χ4v) is 2.61. The van der Waals surface area contributed by atoms with Crippen LogP contribution in [0, 0.1) is 19.8 Å². The molecule has 0 aliphatic carbocycles. The number of benzene rings is 1. The second-order valence-electron chi connectivity index (χ2n) is 5.60. The molecule has 4 heteroatoms. The lowest BCUT2D eigenvalue weighted by molar-refractivity contribution is -0.143. The molecule has 1 aromatic carbocycles. The van der Waals surface area contributed by atoms with Crippen molar-refractivity contribution in [3.05, 3.63) is 29.3 Å². The minimum Gasteiger partial charge on any atom is -0.492 e. The molecule has 0 radical (unpaired) electrons. The van der Waals surface area contributed by atoms with Crippen molar-refractivity contribution >= 4 is 5.97 Å². The van der Waals surface area contributed by atoms with E-state index in [1.807, 2.05) is 19.9 Å². The largest absolute Gasteiger partial charge is 0.492 e. The highest BCUT2D eigenvalue weighted by atomic mass is 16.5. The first-order chi connectivity index (χ1) is 9.56. The molecule has 1 unspecified atom stereocenters. The van der Waals surface area contributed by atoms with Crippen LogP contribution in [0.4, 0.5) is 0 Å². The lowest BCUT2D eigenvalue weighted by atomic mass is 9.98. The molecule has 1 fully saturated rings. The van der Waals surface area contributed by atoms with Crippen LogP contribution < -0.4 is 4.74 Å². The number of rotatable bonds is 5. The molecule has 1 atom stereocenters. The van der Waals surface area contributed by atoms with Crippen molar-refractivity contribution in [2.24, 2.45) is 5.92 Å². The van der Waals surface area contributed by atoms with Gasteiger partial charge in [0, 0.05) is 13.1 Å². The Balaban J connectivity index is 1.80. The third-order valence-electron chi connectivity index (χ3n) is 3.86. The van der Waals surface area contributed by atoms with Crippen molar-refractivity contribution in [1.29, 1.82) is 0 Å². The van der Waals surface area contributed by atoms with Crippen molar-refractivity contribution in [2.45, 2.75) is 26.7 Å². The third-order valence-corrected chi connectivity index (χ3v) is 3.86. The number of hydrogen-bond donors (Lipinski definition) is 1. The Morgan fingerprint density at radius 1 is 1.45 bits per heavy atom. The van der Waals surface area contributed by atoms with Gasteiger partial charge in [-0.1, -0.05) is 12.1 Å². The first-order valence-corrected chi connectivity index (χ1v) is 7.21. The fraction of sp³-hybridized carbons (Fsp3) is 0.562. The summed E-state index contributed by atoms with van der Waals surface area (Å²) in [7, 11) is 0.